The largest absolute Gasteiger partial charge is 0.352 e. The maximum absolute atomic E-state index is 11.8. The minimum atomic E-state index is 0.219. The standard InChI is InChI=1S/C21H26N4O/c1-16-5-7-17(8-6-16)14-23-21(22-2)24-15-18-9-11-19(12-10-18)25-13-3-4-20(25)26/h5-12H,3-4,13-15H2,1-2H3,(H2,22,23,24). The highest BCUT2D eigenvalue weighted by atomic mass is 16.2. The van der Waals surface area contributed by atoms with Crippen molar-refractivity contribution in [2.75, 3.05) is 18.5 Å². The molecular weight excluding hydrogens is 324 g/mol. The van der Waals surface area contributed by atoms with Crippen molar-refractivity contribution < 1.29 is 4.79 Å². The van der Waals surface area contributed by atoms with E-state index in [1.165, 1.54) is 11.1 Å². The predicted molar refractivity (Wildman–Crippen MR) is 106 cm³/mol. The summed E-state index contributed by atoms with van der Waals surface area (Å²) in [6.07, 6.45) is 1.61. The summed E-state index contributed by atoms with van der Waals surface area (Å²) in [5.41, 5.74) is 4.62. The van der Waals surface area contributed by atoms with E-state index in [0.717, 1.165) is 36.7 Å². The molecule has 1 aliphatic heterocycles. The topological polar surface area (TPSA) is 56.7 Å². The van der Waals surface area contributed by atoms with Crippen molar-refractivity contribution >= 4 is 17.6 Å². The Bertz CT molecular complexity index is 766. The summed E-state index contributed by atoms with van der Waals surface area (Å²) in [7, 11) is 1.77. The van der Waals surface area contributed by atoms with E-state index >= 15 is 0 Å². The lowest BCUT2D eigenvalue weighted by Crippen LogP contribution is -2.36. The fourth-order valence-corrected chi connectivity index (χ4v) is 3.01. The van der Waals surface area contributed by atoms with Crippen LogP contribution in [-0.4, -0.2) is 25.5 Å². The van der Waals surface area contributed by atoms with Crippen LogP contribution in [0.4, 0.5) is 5.69 Å². The molecule has 1 amide bonds. The monoisotopic (exact) mass is 350 g/mol. The first kappa shape index (κ1) is 18.0. The minimum Gasteiger partial charge on any atom is -0.352 e. The van der Waals surface area contributed by atoms with E-state index in [0.29, 0.717) is 13.0 Å². The van der Waals surface area contributed by atoms with Gasteiger partial charge in [0.25, 0.3) is 0 Å². The lowest BCUT2D eigenvalue weighted by Gasteiger charge is -2.16. The molecule has 5 heteroatoms. The van der Waals surface area contributed by atoms with Crippen molar-refractivity contribution in [1.82, 2.24) is 10.6 Å². The number of guanidine groups is 1. The molecule has 3 rings (SSSR count). The third-order valence-electron chi connectivity index (χ3n) is 4.59. The van der Waals surface area contributed by atoms with Crippen molar-refractivity contribution in [3.63, 3.8) is 0 Å². The Balaban J connectivity index is 1.50. The number of anilines is 1. The van der Waals surface area contributed by atoms with E-state index < -0.39 is 0 Å². The number of nitrogens with zero attached hydrogens (tertiary/aromatic N) is 2. The molecule has 0 spiro atoms. The summed E-state index contributed by atoms with van der Waals surface area (Å²) >= 11 is 0. The third kappa shape index (κ3) is 4.63. The van der Waals surface area contributed by atoms with Crippen LogP contribution in [-0.2, 0) is 17.9 Å². The number of carbonyl (C=O) groups excluding carboxylic acids is 1. The van der Waals surface area contributed by atoms with Crippen LogP contribution in [0.15, 0.2) is 53.5 Å². The Labute approximate surface area is 155 Å². The number of hydrogen-bond acceptors (Lipinski definition) is 2. The Morgan fingerprint density at radius 2 is 1.58 bits per heavy atom. The number of hydrogen-bond donors (Lipinski definition) is 2. The smallest absolute Gasteiger partial charge is 0.227 e. The Hall–Kier alpha value is -2.82. The van der Waals surface area contributed by atoms with Crippen LogP contribution in [0.2, 0.25) is 0 Å². The van der Waals surface area contributed by atoms with Gasteiger partial charge < -0.3 is 15.5 Å². The van der Waals surface area contributed by atoms with Gasteiger partial charge in [0, 0.05) is 38.8 Å². The van der Waals surface area contributed by atoms with Gasteiger partial charge in [0.2, 0.25) is 5.91 Å². The number of aliphatic imine (C=N–C) groups is 1. The maximum Gasteiger partial charge on any atom is 0.227 e. The number of aryl methyl sites for hydroxylation is 1. The van der Waals surface area contributed by atoms with Crippen LogP contribution in [0.3, 0.4) is 0 Å². The van der Waals surface area contributed by atoms with E-state index in [2.05, 4.69) is 58.9 Å². The number of benzene rings is 2. The van der Waals surface area contributed by atoms with Crippen LogP contribution >= 0.6 is 0 Å². The highest BCUT2D eigenvalue weighted by molar-refractivity contribution is 5.95. The van der Waals surface area contributed by atoms with Gasteiger partial charge in [-0.15, -0.1) is 0 Å². The fraction of sp³-hybridized carbons (Fsp3) is 0.333. The van der Waals surface area contributed by atoms with Crippen molar-refractivity contribution in [1.29, 1.82) is 0 Å². The van der Waals surface area contributed by atoms with Gasteiger partial charge in [0.15, 0.2) is 5.96 Å². The summed E-state index contributed by atoms with van der Waals surface area (Å²) in [6, 6.07) is 16.6. The van der Waals surface area contributed by atoms with Crippen LogP contribution in [0.1, 0.15) is 29.5 Å². The predicted octanol–water partition coefficient (Wildman–Crippen LogP) is 2.99. The highest BCUT2D eigenvalue weighted by Crippen LogP contribution is 2.21. The molecule has 0 unspecified atom stereocenters. The van der Waals surface area contributed by atoms with E-state index in [9.17, 15) is 4.79 Å². The number of carbonyl (C=O) groups is 1. The van der Waals surface area contributed by atoms with E-state index in [-0.39, 0.29) is 5.91 Å². The van der Waals surface area contributed by atoms with Gasteiger partial charge in [-0.05, 0) is 36.6 Å². The number of nitrogens with one attached hydrogen (secondary N) is 2. The second-order valence-corrected chi connectivity index (χ2v) is 6.58. The second kappa shape index (κ2) is 8.52. The molecule has 26 heavy (non-hydrogen) atoms. The molecule has 1 saturated heterocycles. The molecule has 2 aromatic rings. The lowest BCUT2D eigenvalue weighted by molar-refractivity contribution is -0.117. The maximum atomic E-state index is 11.8. The zero-order chi connectivity index (χ0) is 18.4. The molecule has 0 radical (unpaired) electrons. The molecule has 2 N–H and O–H groups in total. The fourth-order valence-electron chi connectivity index (χ4n) is 3.01. The van der Waals surface area contributed by atoms with Gasteiger partial charge in [-0.3, -0.25) is 9.79 Å². The first-order valence-corrected chi connectivity index (χ1v) is 9.05. The first-order valence-electron chi connectivity index (χ1n) is 9.05. The van der Waals surface area contributed by atoms with Crippen LogP contribution in [0.5, 0.6) is 0 Å². The van der Waals surface area contributed by atoms with Gasteiger partial charge in [-0.1, -0.05) is 42.0 Å². The number of amides is 1. The molecule has 2 aromatic carbocycles. The molecular formula is C21H26N4O. The van der Waals surface area contributed by atoms with Gasteiger partial charge >= 0.3 is 0 Å². The summed E-state index contributed by atoms with van der Waals surface area (Å²) in [6.45, 7) is 4.33. The quantitative estimate of drug-likeness (QED) is 0.644. The molecule has 1 fully saturated rings. The Kier molecular flexibility index (Phi) is 5.89. The van der Waals surface area contributed by atoms with E-state index in [1.807, 2.05) is 17.0 Å². The molecule has 0 aliphatic carbocycles. The lowest BCUT2D eigenvalue weighted by atomic mass is 10.1. The molecule has 0 aromatic heterocycles. The number of rotatable bonds is 5. The molecule has 0 bridgehead atoms. The molecule has 1 aliphatic rings. The molecule has 0 saturated carbocycles. The zero-order valence-electron chi connectivity index (χ0n) is 15.5. The van der Waals surface area contributed by atoms with Gasteiger partial charge in [0.05, 0.1) is 0 Å². The van der Waals surface area contributed by atoms with Crippen molar-refractivity contribution in [3.8, 4) is 0 Å². The third-order valence-corrected chi connectivity index (χ3v) is 4.59. The minimum absolute atomic E-state index is 0.219. The first-order chi connectivity index (χ1) is 12.7. The highest BCUT2D eigenvalue weighted by Gasteiger charge is 2.21. The van der Waals surface area contributed by atoms with Crippen LogP contribution in [0, 0.1) is 6.92 Å². The summed E-state index contributed by atoms with van der Waals surface area (Å²) in [5, 5.41) is 6.65. The van der Waals surface area contributed by atoms with Crippen LogP contribution < -0.4 is 15.5 Å². The summed E-state index contributed by atoms with van der Waals surface area (Å²) < 4.78 is 0. The molecule has 0 atom stereocenters. The van der Waals surface area contributed by atoms with E-state index in [4.69, 9.17) is 0 Å². The summed E-state index contributed by atoms with van der Waals surface area (Å²) in [5.74, 6) is 0.987. The Morgan fingerprint density at radius 1 is 1.00 bits per heavy atom. The van der Waals surface area contributed by atoms with Crippen molar-refractivity contribution in [3.05, 3.63) is 65.2 Å². The summed E-state index contributed by atoms with van der Waals surface area (Å²) in [4.78, 5) is 17.9. The van der Waals surface area contributed by atoms with Crippen molar-refractivity contribution in [2.45, 2.75) is 32.9 Å². The molecule has 5 nitrogen and oxygen atoms in total. The van der Waals surface area contributed by atoms with Crippen LogP contribution in [0.25, 0.3) is 0 Å². The normalized spacial score (nSPS) is 14.6. The molecule has 1 heterocycles. The van der Waals surface area contributed by atoms with Crippen molar-refractivity contribution in [2.24, 2.45) is 4.99 Å². The van der Waals surface area contributed by atoms with Gasteiger partial charge in [-0.2, -0.15) is 0 Å². The molecule has 136 valence electrons. The average molecular weight is 350 g/mol. The van der Waals surface area contributed by atoms with Gasteiger partial charge in [0.1, 0.15) is 0 Å². The Morgan fingerprint density at radius 3 is 2.08 bits per heavy atom. The van der Waals surface area contributed by atoms with Gasteiger partial charge in [-0.25, -0.2) is 0 Å². The van der Waals surface area contributed by atoms with E-state index in [1.54, 1.807) is 7.05 Å². The average Bonchev–Trinajstić information content (AvgIpc) is 3.10. The SMILES string of the molecule is CN=C(NCc1ccc(C)cc1)NCc1ccc(N2CCCC2=O)cc1. The second-order valence-electron chi connectivity index (χ2n) is 6.58. The zero-order valence-corrected chi connectivity index (χ0v) is 15.5.